The smallest absolute Gasteiger partial charge is 0.348 e. The van der Waals surface area contributed by atoms with Gasteiger partial charge in [-0.1, -0.05) is 36.4 Å². The molecule has 8 heteroatoms. The normalized spacial score (nSPS) is 20.7. The zero-order valence-corrected chi connectivity index (χ0v) is 16.0. The molecule has 0 spiro atoms. The van der Waals surface area contributed by atoms with Gasteiger partial charge in [0.25, 0.3) is 0 Å². The average Bonchev–Trinajstić information content (AvgIpc) is 2.67. The van der Waals surface area contributed by atoms with Gasteiger partial charge in [-0.05, 0) is 42.7 Å². The molecule has 5 nitrogen and oxygen atoms in total. The summed E-state index contributed by atoms with van der Waals surface area (Å²) in [5, 5.41) is 8.70. The van der Waals surface area contributed by atoms with E-state index in [0.29, 0.717) is 11.1 Å². The van der Waals surface area contributed by atoms with Crippen LogP contribution < -0.4 is 16.0 Å². The molecule has 0 radical (unpaired) electrons. The molecule has 0 saturated carbocycles. The molecule has 3 N–H and O–H groups in total. The Morgan fingerprint density at radius 2 is 1.86 bits per heavy atom. The van der Waals surface area contributed by atoms with Crippen LogP contribution in [-0.4, -0.2) is 17.9 Å². The largest absolute Gasteiger partial charge is 0.416 e. The van der Waals surface area contributed by atoms with E-state index in [-0.39, 0.29) is 18.2 Å². The van der Waals surface area contributed by atoms with E-state index in [1.807, 2.05) is 30.3 Å². The molecule has 29 heavy (non-hydrogen) atoms. The molecular weight excluding hydrogens is 383 g/mol. The van der Waals surface area contributed by atoms with Crippen LogP contribution in [0.5, 0.6) is 0 Å². The number of hydrogen-bond donors (Lipinski definition) is 3. The molecule has 2 aromatic carbocycles. The quantitative estimate of drug-likeness (QED) is 0.731. The van der Waals surface area contributed by atoms with Crippen molar-refractivity contribution in [3.05, 3.63) is 70.8 Å². The summed E-state index contributed by atoms with van der Waals surface area (Å²) >= 11 is 0. The van der Waals surface area contributed by atoms with Crippen molar-refractivity contribution in [2.24, 2.45) is 0 Å². The van der Waals surface area contributed by atoms with E-state index in [1.54, 1.807) is 13.8 Å². The van der Waals surface area contributed by atoms with Crippen LogP contribution >= 0.6 is 0 Å². The van der Waals surface area contributed by atoms with Crippen molar-refractivity contribution in [1.82, 2.24) is 16.0 Å². The summed E-state index contributed by atoms with van der Waals surface area (Å²) in [7, 11) is 0. The van der Waals surface area contributed by atoms with Crippen LogP contribution in [0.4, 0.5) is 13.2 Å². The van der Waals surface area contributed by atoms with Crippen molar-refractivity contribution in [3.63, 3.8) is 0 Å². The first-order chi connectivity index (χ1) is 13.6. The molecular formula is C21H22F3N3O2. The molecule has 1 aliphatic rings. The van der Waals surface area contributed by atoms with Gasteiger partial charge in [0.1, 0.15) is 6.17 Å². The first-order valence-electron chi connectivity index (χ1n) is 9.23. The molecule has 2 amide bonds. The van der Waals surface area contributed by atoms with Gasteiger partial charge in [-0.25, -0.2) is 0 Å². The summed E-state index contributed by atoms with van der Waals surface area (Å²) in [6.07, 6.45) is -4.92. The maximum atomic E-state index is 12.9. The third-order valence-corrected chi connectivity index (χ3v) is 4.93. The summed E-state index contributed by atoms with van der Waals surface area (Å²) in [4.78, 5) is 24.8. The zero-order chi connectivity index (χ0) is 21.2. The molecule has 0 aliphatic carbocycles. The molecule has 154 valence electrons. The van der Waals surface area contributed by atoms with Crippen molar-refractivity contribution in [2.75, 3.05) is 0 Å². The van der Waals surface area contributed by atoms with Crippen LogP contribution in [0.25, 0.3) is 0 Å². The van der Waals surface area contributed by atoms with Gasteiger partial charge in [0, 0.05) is 0 Å². The summed E-state index contributed by atoms with van der Waals surface area (Å²) in [5.74, 6) is -0.635. The number of nitrogens with one attached hydrogen (secondary N) is 3. The minimum Gasteiger partial charge on any atom is -0.348 e. The molecule has 3 rings (SSSR count). The molecule has 0 bridgehead atoms. The second kappa shape index (κ2) is 8.24. The zero-order valence-electron chi connectivity index (χ0n) is 16.0. The van der Waals surface area contributed by atoms with Crippen LogP contribution in [-0.2, 0) is 15.8 Å². The highest BCUT2D eigenvalue weighted by Crippen LogP contribution is 2.31. The van der Waals surface area contributed by atoms with Crippen molar-refractivity contribution in [1.29, 1.82) is 0 Å². The Hall–Kier alpha value is -2.87. The van der Waals surface area contributed by atoms with E-state index >= 15 is 0 Å². The van der Waals surface area contributed by atoms with Gasteiger partial charge in [-0.2, -0.15) is 13.2 Å². The number of alkyl halides is 3. The van der Waals surface area contributed by atoms with Gasteiger partial charge in [0.15, 0.2) is 0 Å². The Morgan fingerprint density at radius 3 is 2.48 bits per heavy atom. The molecule has 3 atom stereocenters. The summed E-state index contributed by atoms with van der Waals surface area (Å²) in [6, 6.07) is 11.4. The highest BCUT2D eigenvalue weighted by atomic mass is 19.4. The van der Waals surface area contributed by atoms with Gasteiger partial charge < -0.3 is 10.6 Å². The van der Waals surface area contributed by atoms with E-state index in [2.05, 4.69) is 16.0 Å². The SMILES string of the molecule is Cc1cc(C(F)(F)F)ccc1C(C)NC(=O)C1CC(=O)NC(c2ccccc2)N1. The van der Waals surface area contributed by atoms with Gasteiger partial charge in [-0.15, -0.1) is 0 Å². The summed E-state index contributed by atoms with van der Waals surface area (Å²) in [6.45, 7) is 3.27. The minimum absolute atomic E-state index is 0.0200. The van der Waals surface area contributed by atoms with Crippen LogP contribution in [0.3, 0.4) is 0 Å². The lowest BCUT2D eigenvalue weighted by molar-refractivity contribution is -0.137. The highest BCUT2D eigenvalue weighted by molar-refractivity contribution is 5.89. The number of halogens is 3. The van der Waals surface area contributed by atoms with Gasteiger partial charge in [0.2, 0.25) is 11.8 Å². The standard InChI is InChI=1S/C21H22F3N3O2/c1-12-10-15(21(22,23)24)8-9-16(12)13(2)25-20(29)17-11-18(28)27-19(26-17)14-6-4-3-5-7-14/h3-10,13,17,19,26H,11H2,1-2H3,(H,25,29)(H,27,28). The maximum absolute atomic E-state index is 12.9. The predicted molar refractivity (Wildman–Crippen MR) is 102 cm³/mol. The van der Waals surface area contributed by atoms with Crippen molar-refractivity contribution < 1.29 is 22.8 Å². The monoisotopic (exact) mass is 405 g/mol. The second-order valence-electron chi connectivity index (χ2n) is 7.13. The van der Waals surface area contributed by atoms with Gasteiger partial charge in [0.05, 0.1) is 24.1 Å². The van der Waals surface area contributed by atoms with E-state index in [1.165, 1.54) is 6.07 Å². The van der Waals surface area contributed by atoms with E-state index in [4.69, 9.17) is 0 Å². The number of carbonyl (C=O) groups excluding carboxylic acids is 2. The lowest BCUT2D eigenvalue weighted by Crippen LogP contribution is -2.56. The molecule has 1 fully saturated rings. The number of benzene rings is 2. The van der Waals surface area contributed by atoms with E-state index < -0.39 is 30.0 Å². The maximum Gasteiger partial charge on any atom is 0.416 e. The van der Waals surface area contributed by atoms with Crippen LogP contribution in [0, 0.1) is 6.92 Å². The number of amides is 2. The Labute approximate surface area is 166 Å². The number of rotatable bonds is 4. The first kappa shape index (κ1) is 20.9. The van der Waals surface area contributed by atoms with E-state index in [9.17, 15) is 22.8 Å². The minimum atomic E-state index is -4.42. The van der Waals surface area contributed by atoms with Crippen molar-refractivity contribution in [3.8, 4) is 0 Å². The third-order valence-electron chi connectivity index (χ3n) is 4.93. The highest BCUT2D eigenvalue weighted by Gasteiger charge is 2.33. The third kappa shape index (κ3) is 4.95. The molecule has 0 aromatic heterocycles. The Kier molecular flexibility index (Phi) is 5.93. The predicted octanol–water partition coefficient (Wildman–Crippen LogP) is 3.37. The fourth-order valence-electron chi connectivity index (χ4n) is 3.43. The van der Waals surface area contributed by atoms with Crippen LogP contribution in [0.15, 0.2) is 48.5 Å². The van der Waals surface area contributed by atoms with Crippen LogP contribution in [0.1, 0.15) is 47.8 Å². The summed E-state index contributed by atoms with van der Waals surface area (Å²) < 4.78 is 38.6. The van der Waals surface area contributed by atoms with Gasteiger partial charge in [-0.3, -0.25) is 14.9 Å². The molecule has 1 heterocycles. The van der Waals surface area contributed by atoms with Crippen molar-refractivity contribution in [2.45, 2.75) is 44.7 Å². The number of aryl methyl sites for hydroxylation is 1. The molecule has 2 aromatic rings. The molecule has 3 unspecified atom stereocenters. The Bertz CT molecular complexity index is 900. The van der Waals surface area contributed by atoms with Crippen molar-refractivity contribution >= 4 is 11.8 Å². The fraction of sp³-hybridized carbons (Fsp3) is 0.333. The Balaban J connectivity index is 1.70. The van der Waals surface area contributed by atoms with Crippen LogP contribution in [0.2, 0.25) is 0 Å². The average molecular weight is 405 g/mol. The van der Waals surface area contributed by atoms with Gasteiger partial charge >= 0.3 is 6.18 Å². The number of carbonyl (C=O) groups is 2. The molecule has 1 saturated heterocycles. The second-order valence-corrected chi connectivity index (χ2v) is 7.13. The van der Waals surface area contributed by atoms with E-state index in [0.717, 1.165) is 17.7 Å². The lowest BCUT2D eigenvalue weighted by Gasteiger charge is -2.32. The fourth-order valence-corrected chi connectivity index (χ4v) is 3.43. The molecule has 1 aliphatic heterocycles. The Morgan fingerprint density at radius 1 is 1.17 bits per heavy atom. The summed E-state index contributed by atoms with van der Waals surface area (Å²) in [5.41, 5.74) is 1.12. The first-order valence-corrected chi connectivity index (χ1v) is 9.23. The lowest BCUT2D eigenvalue weighted by atomic mass is 9.98. The number of hydrogen-bond acceptors (Lipinski definition) is 3. The topological polar surface area (TPSA) is 70.2 Å².